The van der Waals surface area contributed by atoms with Crippen molar-refractivity contribution in [3.05, 3.63) is 70.0 Å². The fraction of sp³-hybridized carbons (Fsp3) is 0.333. The first-order valence-corrected chi connectivity index (χ1v) is 9.21. The second-order valence-electron chi connectivity index (χ2n) is 6.94. The summed E-state index contributed by atoms with van der Waals surface area (Å²) in [6, 6.07) is 13.7. The quantitative estimate of drug-likeness (QED) is 0.737. The van der Waals surface area contributed by atoms with Gasteiger partial charge in [-0.05, 0) is 48.6 Å². The molecule has 1 spiro atoms. The van der Waals surface area contributed by atoms with E-state index in [0.717, 1.165) is 54.6 Å². The smallest absolute Gasteiger partial charge is 0.189 e. The maximum absolute atomic E-state index is 7.25. The first kappa shape index (κ1) is 17.1. The van der Waals surface area contributed by atoms with Crippen LogP contribution >= 0.6 is 11.6 Å². The molecule has 2 aromatic rings. The average molecular weight is 366 g/mol. The molecule has 4 nitrogen and oxygen atoms in total. The highest BCUT2D eigenvalue weighted by molar-refractivity contribution is 6.30. The minimum atomic E-state index is -0.0105. The van der Waals surface area contributed by atoms with Gasteiger partial charge in [0.2, 0.25) is 0 Å². The molecule has 2 aromatic carbocycles. The van der Waals surface area contributed by atoms with Crippen molar-refractivity contribution in [2.45, 2.75) is 25.8 Å². The van der Waals surface area contributed by atoms with Crippen molar-refractivity contribution in [2.24, 2.45) is 10.4 Å². The number of aliphatic imine (C=N–C) groups is 1. The lowest BCUT2D eigenvalue weighted by molar-refractivity contribution is 0.0449. The minimum absolute atomic E-state index is 0.0105. The van der Waals surface area contributed by atoms with Crippen molar-refractivity contribution < 1.29 is 4.74 Å². The largest absolute Gasteiger partial charge is 0.381 e. The van der Waals surface area contributed by atoms with Crippen LogP contribution in [0.4, 0.5) is 11.4 Å². The Hall–Kier alpha value is -2.35. The summed E-state index contributed by atoms with van der Waals surface area (Å²) in [5.41, 5.74) is 3.98. The molecule has 0 bridgehead atoms. The highest BCUT2D eigenvalue weighted by Gasteiger charge is 2.41. The van der Waals surface area contributed by atoms with Gasteiger partial charge in [0.15, 0.2) is 5.69 Å². The number of nitrogens with zero attached hydrogens (tertiary/aromatic N) is 2. The SMILES string of the molecule is [C-]#[N+]c1ccc2c(c1)NC(=NCc1cccc(Cl)c1)C1(CCOCC1)C2. The fourth-order valence-electron chi connectivity index (χ4n) is 3.80. The van der Waals surface area contributed by atoms with Gasteiger partial charge in [-0.3, -0.25) is 4.99 Å². The Morgan fingerprint density at radius 2 is 2.04 bits per heavy atom. The predicted molar refractivity (Wildman–Crippen MR) is 105 cm³/mol. The third-order valence-electron chi connectivity index (χ3n) is 5.27. The van der Waals surface area contributed by atoms with Gasteiger partial charge in [-0.25, -0.2) is 4.85 Å². The molecular formula is C21H20ClN3O. The van der Waals surface area contributed by atoms with Crippen molar-refractivity contribution in [3.63, 3.8) is 0 Å². The summed E-state index contributed by atoms with van der Waals surface area (Å²) in [5.74, 6) is 1.01. The molecule has 0 aliphatic carbocycles. The van der Waals surface area contributed by atoms with Gasteiger partial charge in [0, 0.05) is 29.3 Å². The molecule has 0 saturated carbocycles. The van der Waals surface area contributed by atoms with Crippen LogP contribution in [0.1, 0.15) is 24.0 Å². The molecule has 1 fully saturated rings. The van der Waals surface area contributed by atoms with Crippen LogP contribution in [0.2, 0.25) is 5.02 Å². The normalized spacial score (nSPS) is 19.6. The Labute approximate surface area is 158 Å². The molecule has 132 valence electrons. The number of fused-ring (bicyclic) bond motifs is 1. The molecule has 0 atom stereocenters. The number of amidine groups is 1. The van der Waals surface area contributed by atoms with E-state index in [2.05, 4.69) is 16.2 Å². The van der Waals surface area contributed by atoms with Gasteiger partial charge >= 0.3 is 0 Å². The van der Waals surface area contributed by atoms with E-state index in [1.54, 1.807) is 0 Å². The van der Waals surface area contributed by atoms with E-state index >= 15 is 0 Å². The van der Waals surface area contributed by atoms with E-state index in [1.165, 1.54) is 5.56 Å². The summed E-state index contributed by atoms with van der Waals surface area (Å²) in [7, 11) is 0. The molecule has 0 unspecified atom stereocenters. The molecule has 1 saturated heterocycles. The number of hydrogen-bond acceptors (Lipinski definition) is 2. The maximum atomic E-state index is 7.25. The number of rotatable bonds is 2. The maximum Gasteiger partial charge on any atom is 0.189 e. The molecule has 2 heterocycles. The van der Waals surface area contributed by atoms with Crippen molar-refractivity contribution in [3.8, 4) is 0 Å². The molecular weight excluding hydrogens is 346 g/mol. The first-order valence-electron chi connectivity index (χ1n) is 8.83. The lowest BCUT2D eigenvalue weighted by Crippen LogP contribution is -2.45. The van der Waals surface area contributed by atoms with Crippen LogP contribution in [-0.2, 0) is 17.7 Å². The van der Waals surface area contributed by atoms with E-state index in [-0.39, 0.29) is 5.41 Å². The standard InChI is InChI=1S/C21H20ClN3O/c1-23-18-6-5-16-13-21(7-9-26-10-8-21)20(25-19(16)12-18)24-14-15-3-2-4-17(22)11-15/h2-6,11-12H,7-10,13-14H2,(H,24,25). The van der Waals surface area contributed by atoms with Gasteiger partial charge in [0.25, 0.3) is 0 Å². The number of halogens is 1. The molecule has 1 N–H and O–H groups in total. The van der Waals surface area contributed by atoms with Crippen LogP contribution in [-0.4, -0.2) is 19.0 Å². The zero-order valence-electron chi connectivity index (χ0n) is 14.5. The second-order valence-corrected chi connectivity index (χ2v) is 7.38. The molecule has 5 heteroatoms. The molecule has 26 heavy (non-hydrogen) atoms. The van der Waals surface area contributed by atoms with Crippen LogP contribution in [0, 0.1) is 12.0 Å². The Morgan fingerprint density at radius 3 is 2.81 bits per heavy atom. The molecule has 4 rings (SSSR count). The van der Waals surface area contributed by atoms with Gasteiger partial charge in [0.05, 0.1) is 13.1 Å². The van der Waals surface area contributed by atoms with Crippen LogP contribution in [0.5, 0.6) is 0 Å². The number of ether oxygens (including phenoxy) is 1. The van der Waals surface area contributed by atoms with E-state index < -0.39 is 0 Å². The topological polar surface area (TPSA) is 38.0 Å². The Morgan fingerprint density at radius 1 is 1.19 bits per heavy atom. The van der Waals surface area contributed by atoms with Crippen LogP contribution in [0.15, 0.2) is 47.5 Å². The monoisotopic (exact) mass is 365 g/mol. The van der Waals surface area contributed by atoms with Crippen molar-refractivity contribution in [2.75, 3.05) is 18.5 Å². The summed E-state index contributed by atoms with van der Waals surface area (Å²) >= 11 is 6.10. The van der Waals surface area contributed by atoms with Crippen molar-refractivity contribution >= 4 is 28.8 Å². The second kappa shape index (κ2) is 7.11. The van der Waals surface area contributed by atoms with E-state index in [0.29, 0.717) is 12.2 Å². The lowest BCUT2D eigenvalue weighted by atomic mass is 9.71. The first-order chi connectivity index (χ1) is 12.7. The third-order valence-corrected chi connectivity index (χ3v) is 5.50. The van der Waals surface area contributed by atoms with Gasteiger partial charge < -0.3 is 10.1 Å². The molecule has 0 aromatic heterocycles. The van der Waals surface area contributed by atoms with Crippen molar-refractivity contribution in [1.82, 2.24) is 0 Å². The van der Waals surface area contributed by atoms with E-state index in [9.17, 15) is 0 Å². The van der Waals surface area contributed by atoms with Gasteiger partial charge in [0.1, 0.15) is 5.84 Å². The number of hydrogen-bond donors (Lipinski definition) is 1. The number of nitrogens with one attached hydrogen (secondary N) is 1. The molecule has 2 aliphatic heterocycles. The molecule has 2 aliphatic rings. The van der Waals surface area contributed by atoms with E-state index in [4.69, 9.17) is 27.9 Å². The molecule has 0 amide bonds. The minimum Gasteiger partial charge on any atom is -0.381 e. The Bertz CT molecular complexity index is 894. The zero-order chi connectivity index (χ0) is 18.0. The number of anilines is 1. The van der Waals surface area contributed by atoms with E-state index in [1.807, 2.05) is 36.4 Å². The summed E-state index contributed by atoms with van der Waals surface area (Å²) in [6.07, 6.45) is 2.85. The van der Waals surface area contributed by atoms with Crippen molar-refractivity contribution in [1.29, 1.82) is 0 Å². The highest BCUT2D eigenvalue weighted by Crippen LogP contribution is 2.42. The molecule has 0 radical (unpaired) electrons. The summed E-state index contributed by atoms with van der Waals surface area (Å²) in [6.45, 7) is 9.35. The Balaban J connectivity index is 1.69. The summed E-state index contributed by atoms with van der Waals surface area (Å²) < 4.78 is 5.61. The van der Waals surface area contributed by atoms with Crippen LogP contribution in [0.25, 0.3) is 4.85 Å². The average Bonchev–Trinajstić information content (AvgIpc) is 2.67. The Kier molecular flexibility index (Phi) is 4.67. The fourth-order valence-corrected chi connectivity index (χ4v) is 4.01. The zero-order valence-corrected chi connectivity index (χ0v) is 15.2. The van der Waals surface area contributed by atoms with Crippen LogP contribution < -0.4 is 5.32 Å². The predicted octanol–water partition coefficient (Wildman–Crippen LogP) is 5.25. The van der Waals surface area contributed by atoms with Gasteiger partial charge in [-0.1, -0.05) is 35.9 Å². The van der Waals surface area contributed by atoms with Gasteiger partial charge in [-0.2, -0.15) is 0 Å². The third kappa shape index (κ3) is 3.33. The number of benzene rings is 2. The van der Waals surface area contributed by atoms with Gasteiger partial charge in [-0.15, -0.1) is 0 Å². The summed E-state index contributed by atoms with van der Waals surface area (Å²) in [5, 5.41) is 4.26. The lowest BCUT2D eigenvalue weighted by Gasteiger charge is -2.42. The highest BCUT2D eigenvalue weighted by atomic mass is 35.5. The van der Waals surface area contributed by atoms with Crippen LogP contribution in [0.3, 0.4) is 0 Å². The summed E-state index contributed by atoms with van der Waals surface area (Å²) in [4.78, 5) is 8.49.